The van der Waals surface area contributed by atoms with E-state index in [-0.39, 0.29) is 6.10 Å². The van der Waals surface area contributed by atoms with Crippen molar-refractivity contribution in [3.05, 3.63) is 64.9 Å². The molecular formula is C18H19NOS. The molecule has 3 aromatic rings. The van der Waals surface area contributed by atoms with E-state index in [1.165, 1.54) is 16.3 Å². The summed E-state index contributed by atoms with van der Waals surface area (Å²) in [5.41, 5.74) is 1.25. The summed E-state index contributed by atoms with van der Waals surface area (Å²) in [5, 5.41) is 9.87. The first-order valence-electron chi connectivity index (χ1n) is 7.19. The Kier molecular flexibility index (Phi) is 4.53. The molecule has 0 fully saturated rings. The van der Waals surface area contributed by atoms with Crippen molar-refractivity contribution >= 4 is 22.1 Å². The first-order chi connectivity index (χ1) is 10.4. The van der Waals surface area contributed by atoms with Crippen LogP contribution in [0, 0.1) is 0 Å². The molecule has 1 heterocycles. The molecule has 0 saturated carbocycles. The molecule has 0 aliphatic carbocycles. The van der Waals surface area contributed by atoms with E-state index >= 15 is 0 Å². The van der Waals surface area contributed by atoms with E-state index in [9.17, 15) is 0 Å². The zero-order valence-corrected chi connectivity index (χ0v) is 12.9. The zero-order chi connectivity index (χ0) is 14.5. The van der Waals surface area contributed by atoms with Gasteiger partial charge in [-0.15, -0.1) is 0 Å². The number of thiophene rings is 1. The lowest BCUT2D eigenvalue weighted by molar-refractivity contribution is 0.198. The highest BCUT2D eigenvalue weighted by atomic mass is 32.1. The van der Waals surface area contributed by atoms with Gasteiger partial charge in [0, 0.05) is 17.4 Å². The van der Waals surface area contributed by atoms with Crippen LogP contribution in [0.25, 0.3) is 10.8 Å². The summed E-state index contributed by atoms with van der Waals surface area (Å²) in [7, 11) is 1.97. The number of fused-ring (bicyclic) bond motifs is 1. The number of hydrogen-bond acceptors (Lipinski definition) is 3. The van der Waals surface area contributed by atoms with Gasteiger partial charge in [-0.1, -0.05) is 36.4 Å². The molecule has 2 aromatic carbocycles. The SMILES string of the molecule is CNCC[C@@H](Oc1cccc2ccccc12)c1ccsc1. The van der Waals surface area contributed by atoms with Crippen molar-refractivity contribution in [2.24, 2.45) is 0 Å². The van der Waals surface area contributed by atoms with E-state index in [2.05, 4.69) is 64.6 Å². The van der Waals surface area contributed by atoms with Crippen LogP contribution in [0.2, 0.25) is 0 Å². The number of ether oxygens (including phenoxy) is 1. The predicted molar refractivity (Wildman–Crippen MR) is 90.2 cm³/mol. The van der Waals surface area contributed by atoms with Crippen LogP contribution in [-0.4, -0.2) is 13.6 Å². The maximum Gasteiger partial charge on any atom is 0.128 e. The van der Waals surface area contributed by atoms with Gasteiger partial charge in [0.2, 0.25) is 0 Å². The van der Waals surface area contributed by atoms with Gasteiger partial charge in [-0.2, -0.15) is 11.3 Å². The van der Waals surface area contributed by atoms with E-state index in [1.54, 1.807) is 11.3 Å². The third-order valence-electron chi connectivity index (χ3n) is 3.59. The lowest BCUT2D eigenvalue weighted by atomic mass is 10.1. The Bertz CT molecular complexity index is 688. The molecule has 0 bridgehead atoms. The Morgan fingerprint density at radius 3 is 2.76 bits per heavy atom. The Morgan fingerprint density at radius 1 is 1.10 bits per heavy atom. The summed E-state index contributed by atoms with van der Waals surface area (Å²) in [4.78, 5) is 0. The summed E-state index contributed by atoms with van der Waals surface area (Å²) < 4.78 is 6.34. The van der Waals surface area contributed by atoms with Crippen molar-refractivity contribution < 1.29 is 4.74 Å². The molecule has 0 saturated heterocycles. The van der Waals surface area contributed by atoms with Crippen LogP contribution >= 0.6 is 11.3 Å². The minimum Gasteiger partial charge on any atom is -0.485 e. The van der Waals surface area contributed by atoms with Crippen molar-refractivity contribution in [2.75, 3.05) is 13.6 Å². The van der Waals surface area contributed by atoms with E-state index in [0.29, 0.717) is 0 Å². The van der Waals surface area contributed by atoms with Gasteiger partial charge in [0.15, 0.2) is 0 Å². The summed E-state index contributed by atoms with van der Waals surface area (Å²) in [6, 6.07) is 16.7. The number of rotatable bonds is 6. The molecule has 0 spiro atoms. The Morgan fingerprint density at radius 2 is 1.95 bits per heavy atom. The minimum atomic E-state index is 0.0921. The first kappa shape index (κ1) is 14.1. The maximum atomic E-state index is 6.34. The standard InChI is InChI=1S/C18H19NOS/c1-19-11-9-17(15-10-12-21-13-15)20-18-8-4-6-14-5-2-3-7-16(14)18/h2-8,10,12-13,17,19H,9,11H2,1H3/t17-/m1/s1. The molecule has 3 rings (SSSR count). The third kappa shape index (κ3) is 3.26. The molecule has 21 heavy (non-hydrogen) atoms. The monoisotopic (exact) mass is 297 g/mol. The van der Waals surface area contributed by atoms with Crippen LogP contribution < -0.4 is 10.1 Å². The molecule has 2 nitrogen and oxygen atoms in total. The predicted octanol–water partition coefficient (Wildman–Crippen LogP) is 4.63. The molecular weight excluding hydrogens is 278 g/mol. The van der Waals surface area contributed by atoms with Gasteiger partial charge in [-0.05, 0) is 41.9 Å². The normalized spacial score (nSPS) is 12.4. The fraction of sp³-hybridized carbons (Fsp3) is 0.222. The molecule has 0 aliphatic heterocycles. The summed E-state index contributed by atoms with van der Waals surface area (Å²) in [5.74, 6) is 0.959. The van der Waals surface area contributed by atoms with Crippen LogP contribution in [0.1, 0.15) is 18.1 Å². The van der Waals surface area contributed by atoms with Crippen molar-refractivity contribution in [1.29, 1.82) is 0 Å². The molecule has 0 aliphatic rings. The highest BCUT2D eigenvalue weighted by Crippen LogP contribution is 2.31. The molecule has 1 N–H and O–H groups in total. The quantitative estimate of drug-likeness (QED) is 0.716. The number of hydrogen-bond donors (Lipinski definition) is 1. The molecule has 0 unspecified atom stereocenters. The molecule has 3 heteroatoms. The molecule has 108 valence electrons. The van der Waals surface area contributed by atoms with E-state index in [4.69, 9.17) is 4.74 Å². The van der Waals surface area contributed by atoms with Crippen molar-refractivity contribution in [3.8, 4) is 5.75 Å². The van der Waals surface area contributed by atoms with Gasteiger partial charge in [0.05, 0.1) is 0 Å². The van der Waals surface area contributed by atoms with Gasteiger partial charge in [-0.3, -0.25) is 0 Å². The Hall–Kier alpha value is -1.84. The second kappa shape index (κ2) is 6.74. The highest BCUT2D eigenvalue weighted by Gasteiger charge is 2.14. The molecule has 0 radical (unpaired) electrons. The van der Waals surface area contributed by atoms with E-state index < -0.39 is 0 Å². The average molecular weight is 297 g/mol. The van der Waals surface area contributed by atoms with Gasteiger partial charge in [0.25, 0.3) is 0 Å². The van der Waals surface area contributed by atoms with Gasteiger partial charge >= 0.3 is 0 Å². The van der Waals surface area contributed by atoms with Crippen LogP contribution in [0.3, 0.4) is 0 Å². The van der Waals surface area contributed by atoms with Crippen LogP contribution in [0.15, 0.2) is 59.3 Å². The largest absolute Gasteiger partial charge is 0.485 e. The summed E-state index contributed by atoms with van der Waals surface area (Å²) in [6.07, 6.45) is 1.05. The van der Waals surface area contributed by atoms with Crippen LogP contribution in [-0.2, 0) is 0 Å². The Labute approximate surface area is 129 Å². The van der Waals surface area contributed by atoms with Crippen LogP contribution in [0.5, 0.6) is 5.75 Å². The van der Waals surface area contributed by atoms with Crippen molar-refractivity contribution in [2.45, 2.75) is 12.5 Å². The Balaban J connectivity index is 1.90. The minimum absolute atomic E-state index is 0.0921. The van der Waals surface area contributed by atoms with Crippen LogP contribution in [0.4, 0.5) is 0 Å². The van der Waals surface area contributed by atoms with Crippen molar-refractivity contribution in [1.82, 2.24) is 5.32 Å². The fourth-order valence-corrected chi connectivity index (χ4v) is 3.18. The van der Waals surface area contributed by atoms with Gasteiger partial charge in [-0.25, -0.2) is 0 Å². The van der Waals surface area contributed by atoms with Gasteiger partial charge in [0.1, 0.15) is 11.9 Å². The fourth-order valence-electron chi connectivity index (χ4n) is 2.48. The summed E-state index contributed by atoms with van der Waals surface area (Å²) >= 11 is 1.72. The van der Waals surface area contributed by atoms with Crippen molar-refractivity contribution in [3.63, 3.8) is 0 Å². The lowest BCUT2D eigenvalue weighted by Crippen LogP contribution is -2.16. The van der Waals surface area contributed by atoms with E-state index in [0.717, 1.165) is 18.7 Å². The maximum absolute atomic E-state index is 6.34. The molecule has 1 atom stereocenters. The molecule has 0 amide bonds. The zero-order valence-electron chi connectivity index (χ0n) is 12.1. The topological polar surface area (TPSA) is 21.3 Å². The van der Waals surface area contributed by atoms with E-state index in [1.807, 2.05) is 7.05 Å². The smallest absolute Gasteiger partial charge is 0.128 e. The third-order valence-corrected chi connectivity index (χ3v) is 4.29. The molecule has 1 aromatic heterocycles. The highest BCUT2D eigenvalue weighted by molar-refractivity contribution is 7.07. The number of benzene rings is 2. The lowest BCUT2D eigenvalue weighted by Gasteiger charge is -2.19. The second-order valence-corrected chi connectivity index (χ2v) is 5.81. The summed E-state index contributed by atoms with van der Waals surface area (Å²) in [6.45, 7) is 0.936. The average Bonchev–Trinajstić information content (AvgIpc) is 3.06. The first-order valence-corrected chi connectivity index (χ1v) is 8.14. The van der Waals surface area contributed by atoms with Gasteiger partial charge < -0.3 is 10.1 Å². The number of nitrogens with one attached hydrogen (secondary N) is 1. The second-order valence-electron chi connectivity index (χ2n) is 5.03.